The highest BCUT2D eigenvalue weighted by atomic mass is 16.6. The standard InChI is InChI=1S/C41H42N6O8/c1-39(2,3)36(50)54-24-47-35(49)41(44-38(47)52,23-46-22-27-13-14-29(53-8)19-30(27)34(46)48)18-17-25-9-11-26(12-10-25)33-32(55-37(51)40(4,5)6)16-15-31(43-33)28-20-42-45(7)21-28/h9-16,19-21H,22-24H2,1-8H3,(H,44,52)/t41-/m1/s1. The highest BCUT2D eigenvalue weighted by Gasteiger charge is 2.53. The van der Waals surface area contributed by atoms with Crippen molar-refractivity contribution in [2.75, 3.05) is 20.4 Å². The van der Waals surface area contributed by atoms with E-state index in [-0.39, 0.29) is 24.7 Å². The number of hydrogen-bond donors (Lipinski definition) is 1. The zero-order valence-electron chi connectivity index (χ0n) is 32.0. The number of pyridine rings is 1. The lowest BCUT2D eigenvalue weighted by Crippen LogP contribution is -2.54. The van der Waals surface area contributed by atoms with Crippen LogP contribution in [0.5, 0.6) is 11.5 Å². The number of urea groups is 1. The highest BCUT2D eigenvalue weighted by Crippen LogP contribution is 2.34. The van der Waals surface area contributed by atoms with Crippen LogP contribution in [0.15, 0.2) is 67.0 Å². The van der Waals surface area contributed by atoms with Gasteiger partial charge in [0, 0.05) is 42.0 Å². The summed E-state index contributed by atoms with van der Waals surface area (Å²) < 4.78 is 18.1. The van der Waals surface area contributed by atoms with Crippen LogP contribution in [0.4, 0.5) is 4.79 Å². The Kier molecular flexibility index (Phi) is 10.0. The summed E-state index contributed by atoms with van der Waals surface area (Å²) >= 11 is 0. The maximum Gasteiger partial charge on any atom is 0.328 e. The number of amides is 4. The lowest BCUT2D eigenvalue weighted by molar-refractivity contribution is -0.158. The largest absolute Gasteiger partial charge is 0.497 e. The Balaban J connectivity index is 1.33. The molecule has 0 bridgehead atoms. The Hall–Kier alpha value is -6.49. The number of nitrogens with one attached hydrogen (secondary N) is 1. The van der Waals surface area contributed by atoms with E-state index in [4.69, 9.17) is 19.2 Å². The van der Waals surface area contributed by atoms with Crippen LogP contribution in [0.2, 0.25) is 0 Å². The number of benzene rings is 2. The predicted molar refractivity (Wildman–Crippen MR) is 200 cm³/mol. The summed E-state index contributed by atoms with van der Waals surface area (Å²) in [6.07, 6.45) is 3.51. The average molecular weight is 747 g/mol. The second-order valence-electron chi connectivity index (χ2n) is 15.5. The van der Waals surface area contributed by atoms with Crippen LogP contribution >= 0.6 is 0 Å². The number of carbonyl (C=O) groups is 5. The number of nitrogens with zero attached hydrogens (tertiary/aromatic N) is 5. The monoisotopic (exact) mass is 746 g/mol. The van der Waals surface area contributed by atoms with Crippen LogP contribution in [0, 0.1) is 22.7 Å². The molecule has 0 unspecified atom stereocenters. The van der Waals surface area contributed by atoms with E-state index in [1.165, 1.54) is 12.0 Å². The molecule has 0 saturated carbocycles. The fourth-order valence-corrected chi connectivity index (χ4v) is 5.79. The lowest BCUT2D eigenvalue weighted by atomic mass is 9.97. The topological polar surface area (TPSA) is 162 Å². The molecule has 14 heteroatoms. The van der Waals surface area contributed by atoms with Gasteiger partial charge in [0.1, 0.15) is 11.4 Å². The fourth-order valence-electron chi connectivity index (χ4n) is 5.79. The van der Waals surface area contributed by atoms with E-state index in [9.17, 15) is 24.0 Å². The van der Waals surface area contributed by atoms with Crippen molar-refractivity contribution >= 4 is 29.8 Å². The first-order chi connectivity index (χ1) is 25.9. The van der Waals surface area contributed by atoms with Crippen molar-refractivity contribution in [2.45, 2.75) is 53.6 Å². The minimum Gasteiger partial charge on any atom is -0.497 e. The molecule has 4 heterocycles. The number of imide groups is 1. The van der Waals surface area contributed by atoms with Crippen LogP contribution in [0.3, 0.4) is 0 Å². The van der Waals surface area contributed by atoms with Crippen molar-refractivity contribution < 1.29 is 38.2 Å². The fraction of sp³-hybridized carbons (Fsp3) is 0.341. The molecule has 4 amide bonds. The lowest BCUT2D eigenvalue weighted by Gasteiger charge is -2.27. The smallest absolute Gasteiger partial charge is 0.328 e. The number of aryl methyl sites for hydroxylation is 1. The van der Waals surface area contributed by atoms with Gasteiger partial charge in [0.25, 0.3) is 11.8 Å². The summed E-state index contributed by atoms with van der Waals surface area (Å²) in [5.41, 5.74) is 0.533. The van der Waals surface area contributed by atoms with Crippen LogP contribution in [0.25, 0.3) is 22.5 Å². The number of carbonyl (C=O) groups excluding carboxylic acids is 5. The Morgan fingerprint density at radius 1 is 0.927 bits per heavy atom. The van der Waals surface area contributed by atoms with Crippen molar-refractivity contribution in [3.05, 3.63) is 83.7 Å². The molecule has 2 aromatic carbocycles. The van der Waals surface area contributed by atoms with E-state index < -0.39 is 47.0 Å². The predicted octanol–water partition coefficient (Wildman–Crippen LogP) is 4.95. The molecule has 1 atom stereocenters. The van der Waals surface area contributed by atoms with Gasteiger partial charge in [-0.05, 0) is 83.5 Å². The number of methoxy groups -OCH3 is 1. The highest BCUT2D eigenvalue weighted by molar-refractivity contribution is 6.10. The molecule has 0 radical (unpaired) electrons. The van der Waals surface area contributed by atoms with Gasteiger partial charge in [-0.15, -0.1) is 0 Å². The van der Waals surface area contributed by atoms with Crippen LogP contribution in [0.1, 0.15) is 63.0 Å². The van der Waals surface area contributed by atoms with E-state index in [1.54, 1.807) is 114 Å². The first kappa shape index (κ1) is 38.2. The van der Waals surface area contributed by atoms with Gasteiger partial charge in [0.05, 0.1) is 36.4 Å². The Bertz CT molecular complexity index is 2270. The summed E-state index contributed by atoms with van der Waals surface area (Å²) in [6, 6.07) is 14.7. The number of esters is 2. The quantitative estimate of drug-likeness (QED) is 0.148. The molecule has 2 aliphatic heterocycles. The van der Waals surface area contributed by atoms with Gasteiger partial charge in [-0.3, -0.25) is 23.9 Å². The minimum atomic E-state index is -1.88. The third-order valence-electron chi connectivity index (χ3n) is 8.99. The van der Waals surface area contributed by atoms with Crippen molar-refractivity contribution in [3.8, 4) is 45.9 Å². The molecule has 14 nitrogen and oxygen atoms in total. The molecular weight excluding hydrogens is 704 g/mol. The molecule has 2 aliphatic rings. The average Bonchev–Trinajstić information content (AvgIpc) is 3.78. The molecule has 1 saturated heterocycles. The molecular formula is C41H42N6O8. The van der Waals surface area contributed by atoms with Crippen LogP contribution in [-0.4, -0.2) is 80.3 Å². The minimum absolute atomic E-state index is 0.172. The van der Waals surface area contributed by atoms with Gasteiger partial charge in [0.15, 0.2) is 12.5 Å². The molecule has 0 spiro atoms. The van der Waals surface area contributed by atoms with Crippen LogP contribution in [-0.2, 0) is 32.7 Å². The zero-order chi connectivity index (χ0) is 39.9. The molecule has 55 heavy (non-hydrogen) atoms. The Morgan fingerprint density at radius 2 is 1.64 bits per heavy atom. The SMILES string of the molecule is COc1ccc2c(c1)C(=O)N(C[C@@]1(C#Cc3ccc(-c4nc(-c5cnn(C)c5)ccc4OC(=O)C(C)(C)C)cc3)NC(=O)N(COC(=O)C(C)(C)C)C1=O)C2. The van der Waals surface area contributed by atoms with E-state index >= 15 is 0 Å². The van der Waals surface area contributed by atoms with Gasteiger partial charge in [-0.2, -0.15) is 5.10 Å². The first-order valence-electron chi connectivity index (χ1n) is 17.5. The van der Waals surface area contributed by atoms with Gasteiger partial charge in [0.2, 0.25) is 5.54 Å². The molecule has 0 aliphatic carbocycles. The number of aromatic nitrogens is 3. The van der Waals surface area contributed by atoms with Gasteiger partial charge < -0.3 is 24.4 Å². The number of rotatable bonds is 8. The third kappa shape index (κ3) is 7.91. The van der Waals surface area contributed by atoms with E-state index in [0.717, 1.165) is 16.0 Å². The van der Waals surface area contributed by atoms with E-state index in [2.05, 4.69) is 22.3 Å². The van der Waals surface area contributed by atoms with Crippen molar-refractivity contribution in [2.24, 2.45) is 17.9 Å². The second-order valence-corrected chi connectivity index (χ2v) is 15.5. The van der Waals surface area contributed by atoms with Crippen molar-refractivity contribution in [1.82, 2.24) is 29.9 Å². The molecule has 284 valence electrons. The Morgan fingerprint density at radius 3 is 2.27 bits per heavy atom. The van der Waals surface area contributed by atoms with Gasteiger partial charge in [-0.1, -0.05) is 30.0 Å². The van der Waals surface area contributed by atoms with E-state index in [1.807, 2.05) is 6.20 Å². The zero-order valence-corrected chi connectivity index (χ0v) is 32.0. The molecule has 1 fully saturated rings. The van der Waals surface area contributed by atoms with Crippen LogP contribution < -0.4 is 14.8 Å². The van der Waals surface area contributed by atoms with Gasteiger partial charge in [-0.25, -0.2) is 14.7 Å². The number of ether oxygens (including phenoxy) is 3. The summed E-state index contributed by atoms with van der Waals surface area (Å²) in [5, 5.41) is 6.92. The first-order valence-corrected chi connectivity index (χ1v) is 17.5. The number of hydrogen-bond acceptors (Lipinski definition) is 10. The summed E-state index contributed by atoms with van der Waals surface area (Å²) in [5.74, 6) is 4.57. The molecule has 4 aromatic rings. The maximum absolute atomic E-state index is 14.1. The Labute approximate surface area is 318 Å². The van der Waals surface area contributed by atoms with E-state index in [0.29, 0.717) is 33.8 Å². The molecule has 1 N–H and O–H groups in total. The van der Waals surface area contributed by atoms with Crippen molar-refractivity contribution in [1.29, 1.82) is 0 Å². The molecule has 2 aromatic heterocycles. The molecule has 6 rings (SSSR count). The van der Waals surface area contributed by atoms with Gasteiger partial charge >= 0.3 is 18.0 Å². The van der Waals surface area contributed by atoms with Crippen molar-refractivity contribution in [3.63, 3.8) is 0 Å². The summed E-state index contributed by atoms with van der Waals surface area (Å²) in [4.78, 5) is 73.5. The maximum atomic E-state index is 14.1. The second kappa shape index (κ2) is 14.4. The summed E-state index contributed by atoms with van der Waals surface area (Å²) in [7, 11) is 3.30. The third-order valence-corrected chi connectivity index (χ3v) is 8.99. The summed E-state index contributed by atoms with van der Waals surface area (Å²) in [6.45, 7) is 9.51. The number of fused-ring (bicyclic) bond motifs is 1. The normalized spacial score (nSPS) is 16.7.